The maximum atomic E-state index is 10.8. The summed E-state index contributed by atoms with van der Waals surface area (Å²) >= 11 is 6.62. The van der Waals surface area contributed by atoms with Gasteiger partial charge < -0.3 is 0 Å². The van der Waals surface area contributed by atoms with Gasteiger partial charge in [0.25, 0.3) is 0 Å². The summed E-state index contributed by atoms with van der Waals surface area (Å²) in [5, 5.41) is 2.55. The highest BCUT2D eigenvalue weighted by molar-refractivity contribution is 9.11. The van der Waals surface area contributed by atoms with Crippen LogP contribution in [0.2, 0.25) is 0 Å². The van der Waals surface area contributed by atoms with Crippen LogP contribution in [-0.2, 0) is 0 Å². The van der Waals surface area contributed by atoms with Crippen LogP contribution in [0.1, 0.15) is 0 Å². The zero-order chi connectivity index (χ0) is 8.72. The first-order chi connectivity index (χ1) is 5.68. The van der Waals surface area contributed by atoms with Crippen LogP contribution in [0.5, 0.6) is 0 Å². The first-order valence-electron chi connectivity index (χ1n) is 3.10. The smallest absolute Gasteiger partial charge is 0.244 e. The summed E-state index contributed by atoms with van der Waals surface area (Å²) in [6.07, 6.45) is 1.51. The van der Waals surface area contributed by atoms with Crippen molar-refractivity contribution in [2.45, 2.75) is 0 Å². The Morgan fingerprint density at radius 1 is 1.50 bits per heavy atom. The first-order valence-corrected chi connectivity index (χ1v) is 4.69. The zero-order valence-electron chi connectivity index (χ0n) is 5.71. The van der Waals surface area contributed by atoms with E-state index in [0.29, 0.717) is 0 Å². The lowest BCUT2D eigenvalue weighted by atomic mass is 10.5. The maximum absolute atomic E-state index is 10.8. The molecule has 0 fully saturated rings. The van der Waals surface area contributed by atoms with Crippen LogP contribution in [0, 0.1) is 0 Å². The normalized spacial score (nSPS) is 10.8. The van der Waals surface area contributed by atoms with E-state index < -0.39 is 0 Å². The van der Waals surface area contributed by atoms with E-state index in [0.717, 1.165) is 14.6 Å². The Labute approximate surface area is 83.9 Å². The molecule has 0 amide bonds. The van der Waals surface area contributed by atoms with Crippen LogP contribution in [-0.4, -0.2) is 14.6 Å². The molecule has 1 N–H and O–H groups in total. The molecule has 0 aliphatic heterocycles. The minimum Gasteiger partial charge on any atom is -0.244 e. The highest BCUT2D eigenvalue weighted by Crippen LogP contribution is 2.23. The van der Waals surface area contributed by atoms with Gasteiger partial charge in [0, 0.05) is 4.47 Å². The predicted molar refractivity (Wildman–Crippen MR) is 51.2 cm³/mol. The topological polar surface area (TPSA) is 50.2 Å². The average Bonchev–Trinajstić information content (AvgIpc) is 2.28. The number of H-pyrrole nitrogens is 1. The molecule has 0 radical (unpaired) electrons. The summed E-state index contributed by atoms with van der Waals surface area (Å²) in [5.41, 5.74) is 0.452. The Morgan fingerprint density at radius 3 is 3.00 bits per heavy atom. The molecule has 2 aromatic heterocycles. The van der Waals surface area contributed by atoms with E-state index in [-0.39, 0.29) is 5.69 Å². The molecule has 62 valence electrons. The van der Waals surface area contributed by atoms with E-state index in [2.05, 4.69) is 41.9 Å². The van der Waals surface area contributed by atoms with Gasteiger partial charge in [0.1, 0.15) is 4.60 Å². The lowest BCUT2D eigenvalue weighted by molar-refractivity contribution is 0.844. The summed E-state index contributed by atoms with van der Waals surface area (Å²) in [4.78, 5) is 14.4. The van der Waals surface area contributed by atoms with Gasteiger partial charge in [-0.15, -0.1) is 0 Å². The second-order valence-electron chi connectivity index (χ2n) is 2.21. The van der Waals surface area contributed by atoms with Crippen LogP contribution in [0.25, 0.3) is 5.52 Å². The van der Waals surface area contributed by atoms with E-state index in [1.165, 1.54) is 6.20 Å². The molecule has 2 aromatic rings. The van der Waals surface area contributed by atoms with Crippen molar-refractivity contribution >= 4 is 37.4 Å². The van der Waals surface area contributed by atoms with Gasteiger partial charge in [0.05, 0.1) is 11.7 Å². The fourth-order valence-electron chi connectivity index (χ4n) is 0.942. The second-order valence-corrected chi connectivity index (χ2v) is 3.88. The number of hydrogen-bond acceptors (Lipinski definition) is 2. The number of nitrogens with zero attached hydrogens (tertiary/aromatic N) is 2. The van der Waals surface area contributed by atoms with Crippen molar-refractivity contribution in [1.29, 1.82) is 0 Å². The Morgan fingerprint density at radius 2 is 2.25 bits per heavy atom. The van der Waals surface area contributed by atoms with E-state index in [4.69, 9.17) is 0 Å². The van der Waals surface area contributed by atoms with Gasteiger partial charge in [-0.05, 0) is 37.9 Å². The summed E-state index contributed by atoms with van der Waals surface area (Å²) in [6.45, 7) is 0. The van der Waals surface area contributed by atoms with Gasteiger partial charge in [0.15, 0.2) is 0 Å². The van der Waals surface area contributed by atoms with Gasteiger partial charge in [-0.1, -0.05) is 0 Å². The number of rotatable bonds is 0. The van der Waals surface area contributed by atoms with Crippen LogP contribution in [0.3, 0.4) is 0 Å². The highest BCUT2D eigenvalue weighted by Gasteiger charge is 2.04. The van der Waals surface area contributed by atoms with Gasteiger partial charge in [-0.3, -0.25) is 0 Å². The minimum absolute atomic E-state index is 0.369. The molecule has 6 heteroatoms. The predicted octanol–water partition coefficient (Wildman–Crippen LogP) is 1.55. The van der Waals surface area contributed by atoms with Crippen LogP contribution in [0.4, 0.5) is 0 Å². The fraction of sp³-hybridized carbons (Fsp3) is 0. The summed E-state index contributed by atoms with van der Waals surface area (Å²) in [6, 6.07) is 1.84. The molecular weight excluding hydrogens is 290 g/mol. The van der Waals surface area contributed by atoms with E-state index in [9.17, 15) is 4.79 Å². The molecular formula is C6H3Br2N3O. The minimum atomic E-state index is -0.369. The third-order valence-corrected chi connectivity index (χ3v) is 2.68. The molecule has 0 saturated heterocycles. The van der Waals surface area contributed by atoms with Crippen molar-refractivity contribution in [1.82, 2.24) is 14.6 Å². The number of nitrogens with one attached hydrogen (secondary N) is 1. The fourth-order valence-corrected chi connectivity index (χ4v) is 2.25. The first kappa shape index (κ1) is 8.00. The molecule has 2 rings (SSSR count). The molecule has 0 aliphatic carbocycles. The standard InChI is InChI=1S/C6H3Br2N3O/c7-3-1-5(8)11-4(3)2-9-6(12)10-11/h1-2H,(H,10,12). The molecule has 0 aromatic carbocycles. The van der Waals surface area contributed by atoms with Crippen molar-refractivity contribution in [3.63, 3.8) is 0 Å². The second kappa shape index (κ2) is 2.70. The zero-order valence-corrected chi connectivity index (χ0v) is 8.89. The number of halogens is 2. The largest absolute Gasteiger partial charge is 0.360 e. The van der Waals surface area contributed by atoms with Crippen LogP contribution in [0.15, 0.2) is 26.1 Å². The molecule has 4 nitrogen and oxygen atoms in total. The molecule has 0 atom stereocenters. The summed E-state index contributed by atoms with van der Waals surface area (Å²) in [5.74, 6) is 0. The number of aromatic amines is 1. The quantitative estimate of drug-likeness (QED) is 0.801. The van der Waals surface area contributed by atoms with Crippen molar-refractivity contribution in [2.75, 3.05) is 0 Å². The molecule has 0 saturated carbocycles. The van der Waals surface area contributed by atoms with E-state index >= 15 is 0 Å². The Kier molecular flexibility index (Phi) is 1.80. The van der Waals surface area contributed by atoms with Gasteiger partial charge >= 0.3 is 5.69 Å². The van der Waals surface area contributed by atoms with Gasteiger partial charge in [-0.2, -0.15) is 4.98 Å². The van der Waals surface area contributed by atoms with Crippen molar-refractivity contribution in [3.05, 3.63) is 31.8 Å². The molecule has 0 spiro atoms. The Hall–Kier alpha value is -0.620. The highest BCUT2D eigenvalue weighted by atomic mass is 79.9. The number of aromatic nitrogens is 3. The monoisotopic (exact) mass is 291 g/mol. The Bertz CT molecular complexity index is 487. The number of fused-ring (bicyclic) bond motifs is 1. The van der Waals surface area contributed by atoms with Crippen LogP contribution < -0.4 is 5.69 Å². The molecule has 12 heavy (non-hydrogen) atoms. The molecule has 0 aliphatic rings. The Balaban J connectivity index is 3.00. The average molecular weight is 293 g/mol. The molecule has 0 unspecified atom stereocenters. The maximum Gasteiger partial charge on any atom is 0.360 e. The number of hydrogen-bond donors (Lipinski definition) is 1. The van der Waals surface area contributed by atoms with Gasteiger partial charge in [-0.25, -0.2) is 14.4 Å². The third kappa shape index (κ3) is 1.11. The summed E-state index contributed by atoms with van der Waals surface area (Å²) in [7, 11) is 0. The van der Waals surface area contributed by atoms with Gasteiger partial charge in [0.2, 0.25) is 0 Å². The van der Waals surface area contributed by atoms with Crippen molar-refractivity contribution in [3.8, 4) is 0 Å². The van der Waals surface area contributed by atoms with Crippen molar-refractivity contribution in [2.24, 2.45) is 0 Å². The SMILES string of the molecule is O=c1ncc2c(Br)cc(Br)n2[nH]1. The lowest BCUT2D eigenvalue weighted by Crippen LogP contribution is -2.13. The van der Waals surface area contributed by atoms with Crippen LogP contribution >= 0.6 is 31.9 Å². The molecule has 2 heterocycles. The lowest BCUT2D eigenvalue weighted by Gasteiger charge is -1.93. The molecule has 0 bridgehead atoms. The van der Waals surface area contributed by atoms with E-state index in [1.54, 1.807) is 4.52 Å². The summed E-state index contributed by atoms with van der Waals surface area (Å²) < 4.78 is 3.28. The third-order valence-electron chi connectivity index (χ3n) is 1.46. The van der Waals surface area contributed by atoms with E-state index in [1.807, 2.05) is 6.07 Å². The van der Waals surface area contributed by atoms with Crippen molar-refractivity contribution < 1.29 is 0 Å².